The molecule has 5 nitrogen and oxygen atoms in total. The first-order valence-electron chi connectivity index (χ1n) is 2.61. The van der Waals surface area contributed by atoms with Crippen LogP contribution in [-0.2, 0) is 9.53 Å². The number of rotatable bonds is 2. The first-order chi connectivity index (χ1) is 5.54. The summed E-state index contributed by atoms with van der Waals surface area (Å²) in [7, 11) is 0. The van der Waals surface area contributed by atoms with Gasteiger partial charge in [0.2, 0.25) is 0 Å². The molecule has 0 amide bonds. The molecule has 0 radical (unpaired) electrons. The van der Waals surface area contributed by atoms with Crippen molar-refractivity contribution < 1.29 is 24.5 Å². The molecular weight excluding hydrogens is 188 g/mol. The summed E-state index contributed by atoms with van der Waals surface area (Å²) in [5.41, 5.74) is -1.61. The second-order valence-corrected chi connectivity index (χ2v) is 1.57. The second-order valence-electron chi connectivity index (χ2n) is 1.26. The largest absolute Gasteiger partial charge is 0.534 e. The van der Waals surface area contributed by atoms with Gasteiger partial charge in [-0.1, -0.05) is 17.5 Å². The summed E-state index contributed by atoms with van der Waals surface area (Å²) in [5.74, 6) is 1.39. The van der Waals surface area contributed by atoms with Gasteiger partial charge in [0.15, 0.2) is 6.61 Å². The normalized spacial score (nSPS) is 7.08. The molecule has 0 fully saturated rings. The van der Waals surface area contributed by atoms with Gasteiger partial charge in [-0.25, -0.2) is 4.79 Å². The highest BCUT2D eigenvalue weighted by molar-refractivity contribution is 6.59. The van der Waals surface area contributed by atoms with Crippen LogP contribution in [0.25, 0.3) is 0 Å². The minimum Gasteiger partial charge on any atom is -0.534 e. The highest BCUT2D eigenvalue weighted by Crippen LogP contribution is 1.72. The Morgan fingerprint density at radius 3 is 2.33 bits per heavy atom. The summed E-state index contributed by atoms with van der Waals surface area (Å²) in [6.45, 7) is -0.679. The Morgan fingerprint density at radius 2 is 2.08 bits per heavy atom. The van der Waals surface area contributed by atoms with Crippen LogP contribution in [-0.4, -0.2) is 29.7 Å². The van der Waals surface area contributed by atoms with Gasteiger partial charge < -0.3 is 19.7 Å². The van der Waals surface area contributed by atoms with E-state index in [1.807, 2.05) is 0 Å². The molecule has 12 heavy (non-hydrogen) atoms. The Morgan fingerprint density at radius 1 is 1.67 bits per heavy atom. The summed E-state index contributed by atoms with van der Waals surface area (Å²) in [5, 5.41) is 16.7. The molecule has 0 aromatic carbocycles. The van der Waals surface area contributed by atoms with Crippen LogP contribution in [0.5, 0.6) is 0 Å². The van der Waals surface area contributed by atoms with E-state index >= 15 is 0 Å². The van der Waals surface area contributed by atoms with Crippen LogP contribution in [0.15, 0.2) is 0 Å². The van der Waals surface area contributed by atoms with Crippen LogP contribution in [0.1, 0.15) is 0 Å². The Balaban J connectivity index is 0. The van der Waals surface area contributed by atoms with E-state index in [1.54, 1.807) is 0 Å². The lowest BCUT2D eigenvalue weighted by Gasteiger charge is -1.92. The lowest BCUT2D eigenvalue weighted by molar-refractivity contribution is -0.233. The number of aliphatic hydroxyl groups is 1. The van der Waals surface area contributed by atoms with Crippen molar-refractivity contribution in [2.24, 2.45) is 0 Å². The number of ether oxygens (including phenoxy) is 1. The summed E-state index contributed by atoms with van der Waals surface area (Å²) in [6.07, 6.45) is 4.72. The minimum absolute atomic E-state index is 0.0700. The van der Waals surface area contributed by atoms with Gasteiger partial charge in [0.25, 0.3) is 0 Å². The van der Waals surface area contributed by atoms with Crippen LogP contribution in [0.4, 0.5) is 4.79 Å². The molecule has 0 aliphatic carbocycles. The summed E-state index contributed by atoms with van der Waals surface area (Å²) >= 11 is 4.08. The van der Waals surface area contributed by atoms with E-state index < -0.39 is 18.0 Å². The molecule has 0 saturated carbocycles. The predicted molar refractivity (Wildman–Crippen MR) is 38.1 cm³/mol. The fourth-order valence-electron chi connectivity index (χ4n) is 0.168. The summed E-state index contributed by atoms with van der Waals surface area (Å²) in [4.78, 5) is 18.7. The van der Waals surface area contributed by atoms with E-state index in [2.05, 4.69) is 22.3 Å². The summed E-state index contributed by atoms with van der Waals surface area (Å²) < 4.78 is 4.22. The predicted octanol–water partition coefficient (Wildman–Crippen LogP) is -1.28. The van der Waals surface area contributed by atoms with E-state index in [9.17, 15) is 4.79 Å². The third-order valence-electron chi connectivity index (χ3n) is 0.446. The molecule has 0 aliphatic rings. The smallest absolute Gasteiger partial charge is 0.332 e. The van der Waals surface area contributed by atoms with Crippen molar-refractivity contribution in [1.29, 1.82) is 0 Å². The number of esters is 1. The average molecular weight is 194 g/mol. The van der Waals surface area contributed by atoms with Crippen LogP contribution >= 0.6 is 11.6 Å². The monoisotopic (exact) mass is 193 g/mol. The lowest BCUT2D eigenvalue weighted by atomic mass is 10.7. The Bertz CT molecular complexity index is 179. The number of halogens is 1. The number of carboxylic acid groups (broad SMARTS) is 1. The van der Waals surface area contributed by atoms with Gasteiger partial charge in [0.1, 0.15) is 12.0 Å². The maximum Gasteiger partial charge on any atom is 0.332 e. The van der Waals surface area contributed by atoms with Crippen molar-refractivity contribution in [1.82, 2.24) is 0 Å². The van der Waals surface area contributed by atoms with Crippen molar-refractivity contribution in [3.8, 4) is 12.3 Å². The van der Waals surface area contributed by atoms with Crippen LogP contribution in [0, 0.1) is 12.3 Å². The number of hydrogen-bond donors (Lipinski definition) is 1. The zero-order valence-corrected chi connectivity index (χ0v) is 6.71. The van der Waals surface area contributed by atoms with Crippen molar-refractivity contribution in [2.45, 2.75) is 0 Å². The zero-order valence-electron chi connectivity index (χ0n) is 5.95. The molecule has 68 valence electrons. The number of carbonyl (C=O) groups is 2. The first-order valence-corrected chi connectivity index (χ1v) is 2.98. The van der Waals surface area contributed by atoms with Gasteiger partial charge in [-0.05, 0) is 0 Å². The summed E-state index contributed by atoms with van der Waals surface area (Å²) in [6, 6.07) is 0. The molecule has 6 heteroatoms. The molecule has 0 saturated heterocycles. The highest BCUT2D eigenvalue weighted by Gasteiger charge is 1.94. The molecule has 0 heterocycles. The molecular formula is C6H6ClO5-. The maximum atomic E-state index is 10.0. The van der Waals surface area contributed by atoms with E-state index in [4.69, 9.17) is 21.4 Å². The highest BCUT2D eigenvalue weighted by atomic mass is 35.5. The third-order valence-corrected chi connectivity index (χ3v) is 0.446. The van der Waals surface area contributed by atoms with Crippen molar-refractivity contribution >= 4 is 23.0 Å². The van der Waals surface area contributed by atoms with Crippen LogP contribution in [0.2, 0.25) is 0 Å². The molecule has 0 aromatic heterocycles. The number of hydrogen-bond acceptors (Lipinski definition) is 5. The van der Waals surface area contributed by atoms with Crippen molar-refractivity contribution in [3.63, 3.8) is 0 Å². The van der Waals surface area contributed by atoms with Gasteiger partial charge in [-0.3, -0.25) is 0 Å². The quantitative estimate of drug-likeness (QED) is 0.336. The molecule has 0 atom stereocenters. The van der Waals surface area contributed by atoms with Gasteiger partial charge in [-0.15, -0.1) is 6.42 Å². The standard InChI is InChI=1S/C5H6O3.CHClO2/c1-2-3-8-5(7)4-6;2-1(3)4/h1,6H,3-4H2;(H,3,4)/p-1. The third kappa shape index (κ3) is 23.3. The molecule has 0 unspecified atom stereocenters. The average Bonchev–Trinajstić information content (AvgIpc) is 1.99. The van der Waals surface area contributed by atoms with Gasteiger partial charge in [-0.2, -0.15) is 0 Å². The van der Waals surface area contributed by atoms with Gasteiger partial charge >= 0.3 is 5.97 Å². The van der Waals surface area contributed by atoms with E-state index in [0.717, 1.165) is 0 Å². The van der Waals surface area contributed by atoms with Gasteiger partial charge in [0, 0.05) is 0 Å². The van der Waals surface area contributed by atoms with Crippen molar-refractivity contribution in [3.05, 3.63) is 0 Å². The molecule has 0 aliphatic heterocycles. The Kier molecular flexibility index (Phi) is 10.8. The molecule has 0 spiro atoms. The SMILES string of the molecule is C#CCOC(=O)CO.O=C([O-])Cl. The number of terminal acetylenes is 1. The Hall–Kier alpha value is -1.25. The second kappa shape index (κ2) is 9.75. The van der Waals surface area contributed by atoms with Crippen LogP contribution < -0.4 is 5.11 Å². The first kappa shape index (κ1) is 13.3. The maximum absolute atomic E-state index is 10.0. The van der Waals surface area contributed by atoms with Gasteiger partial charge in [0.05, 0.1) is 0 Å². The number of carbonyl (C=O) groups excluding carboxylic acids is 2. The molecule has 0 rings (SSSR count). The zero-order chi connectivity index (χ0) is 9.98. The fourth-order valence-corrected chi connectivity index (χ4v) is 0.168. The molecule has 0 bridgehead atoms. The van der Waals surface area contributed by atoms with E-state index in [-0.39, 0.29) is 6.61 Å². The van der Waals surface area contributed by atoms with E-state index in [1.165, 1.54) is 0 Å². The topological polar surface area (TPSA) is 86.7 Å². The Labute approximate surface area is 73.9 Å². The van der Waals surface area contributed by atoms with Crippen molar-refractivity contribution in [2.75, 3.05) is 13.2 Å². The lowest BCUT2D eigenvalue weighted by Crippen LogP contribution is -2.11. The molecule has 0 aromatic rings. The molecule has 1 N–H and O–H groups in total. The number of aliphatic hydroxyl groups excluding tert-OH is 1. The fraction of sp³-hybridized carbons (Fsp3) is 0.333. The minimum atomic E-state index is -1.61. The van der Waals surface area contributed by atoms with E-state index in [0.29, 0.717) is 0 Å². The van der Waals surface area contributed by atoms with Crippen LogP contribution in [0.3, 0.4) is 0 Å².